The van der Waals surface area contributed by atoms with Crippen LogP contribution in [0, 0.1) is 22.6 Å². The summed E-state index contributed by atoms with van der Waals surface area (Å²) >= 11 is 0. The molecule has 2 N–H and O–H groups in total. The Morgan fingerprint density at radius 3 is 2.87 bits per heavy atom. The van der Waals surface area contributed by atoms with Gasteiger partial charge in [-0.2, -0.15) is 5.26 Å². The topological polar surface area (TPSA) is 59.7 Å². The minimum atomic E-state index is -0.536. The van der Waals surface area contributed by atoms with Gasteiger partial charge < -0.3 is 10.7 Å². The van der Waals surface area contributed by atoms with Crippen LogP contribution in [0.5, 0.6) is 0 Å². The van der Waals surface area contributed by atoms with E-state index in [0.717, 1.165) is 6.21 Å². The van der Waals surface area contributed by atoms with Crippen LogP contribution in [-0.2, 0) is 0 Å². The summed E-state index contributed by atoms with van der Waals surface area (Å²) in [6, 6.07) is 6.01. The molecule has 15 heavy (non-hydrogen) atoms. The van der Waals surface area contributed by atoms with Gasteiger partial charge in [0.1, 0.15) is 11.9 Å². The van der Waals surface area contributed by atoms with E-state index in [-0.39, 0.29) is 5.56 Å². The Bertz CT molecular complexity index is 444. The number of nitrogens with zero attached hydrogens (tertiary/aromatic N) is 1. The summed E-state index contributed by atoms with van der Waals surface area (Å²) in [6.45, 7) is 0. The first-order chi connectivity index (χ1) is 7.22. The molecule has 0 amide bonds. The second kappa shape index (κ2) is 4.91. The molecule has 1 rings (SSSR count). The van der Waals surface area contributed by atoms with E-state index in [1.807, 2.05) is 0 Å². The van der Waals surface area contributed by atoms with Gasteiger partial charge in [0.2, 0.25) is 0 Å². The van der Waals surface area contributed by atoms with Crippen molar-refractivity contribution < 1.29 is 4.39 Å². The number of halogens is 1. The molecule has 0 bridgehead atoms. The average Bonchev–Trinajstić information content (AvgIpc) is 2.27. The number of rotatable bonds is 3. The summed E-state index contributed by atoms with van der Waals surface area (Å²) in [4.78, 5) is 0. The molecule has 0 heterocycles. The highest BCUT2D eigenvalue weighted by molar-refractivity contribution is 5.82. The highest BCUT2D eigenvalue weighted by Crippen LogP contribution is 2.15. The third-order valence-electron chi connectivity index (χ3n) is 1.92. The predicted molar refractivity (Wildman–Crippen MR) is 56.9 cm³/mol. The van der Waals surface area contributed by atoms with Crippen molar-refractivity contribution in [3.8, 4) is 6.07 Å². The van der Waals surface area contributed by atoms with Gasteiger partial charge in [0.15, 0.2) is 0 Å². The summed E-state index contributed by atoms with van der Waals surface area (Å²) in [5.74, 6) is -0.536. The normalized spacial score (nSPS) is 10.6. The molecule has 0 fully saturated rings. The molecule has 0 spiro atoms. The van der Waals surface area contributed by atoms with Crippen LogP contribution in [0.25, 0.3) is 5.70 Å². The van der Waals surface area contributed by atoms with E-state index in [1.54, 1.807) is 19.2 Å². The molecule has 0 saturated heterocycles. The van der Waals surface area contributed by atoms with Crippen molar-refractivity contribution in [3.63, 3.8) is 0 Å². The highest BCUT2D eigenvalue weighted by Gasteiger charge is 2.04. The SMILES string of the molecule is CN/C(=C\C=N)c1ccc(F)c(C#N)c1. The maximum Gasteiger partial charge on any atom is 0.140 e. The fourth-order valence-corrected chi connectivity index (χ4v) is 1.19. The van der Waals surface area contributed by atoms with Crippen molar-refractivity contribution in [2.24, 2.45) is 0 Å². The molecule has 0 aliphatic rings. The largest absolute Gasteiger partial charge is 0.388 e. The van der Waals surface area contributed by atoms with Gasteiger partial charge in [-0.3, -0.25) is 0 Å². The Morgan fingerprint density at radius 2 is 2.33 bits per heavy atom. The van der Waals surface area contributed by atoms with Crippen molar-refractivity contribution in [2.45, 2.75) is 0 Å². The van der Waals surface area contributed by atoms with Crippen molar-refractivity contribution in [2.75, 3.05) is 7.05 Å². The third kappa shape index (κ3) is 2.41. The van der Waals surface area contributed by atoms with Gasteiger partial charge in [-0.15, -0.1) is 0 Å². The molecular formula is C11H10FN3. The van der Waals surface area contributed by atoms with E-state index in [9.17, 15) is 4.39 Å². The lowest BCUT2D eigenvalue weighted by atomic mass is 10.1. The van der Waals surface area contributed by atoms with Crippen LogP contribution in [0.1, 0.15) is 11.1 Å². The fraction of sp³-hybridized carbons (Fsp3) is 0.0909. The molecule has 1 aromatic carbocycles. The quantitative estimate of drug-likeness (QED) is 0.737. The minimum Gasteiger partial charge on any atom is -0.388 e. The van der Waals surface area contributed by atoms with Crippen molar-refractivity contribution >= 4 is 11.9 Å². The first-order valence-corrected chi connectivity index (χ1v) is 4.31. The average molecular weight is 203 g/mol. The van der Waals surface area contributed by atoms with Crippen LogP contribution in [0.3, 0.4) is 0 Å². The van der Waals surface area contributed by atoms with Gasteiger partial charge in [0.05, 0.1) is 5.56 Å². The fourth-order valence-electron chi connectivity index (χ4n) is 1.19. The van der Waals surface area contributed by atoms with Gasteiger partial charge in [-0.1, -0.05) is 0 Å². The molecule has 0 atom stereocenters. The molecule has 0 radical (unpaired) electrons. The van der Waals surface area contributed by atoms with Gasteiger partial charge in [-0.25, -0.2) is 4.39 Å². The first kappa shape index (κ1) is 10.9. The smallest absolute Gasteiger partial charge is 0.140 e. The van der Waals surface area contributed by atoms with E-state index in [4.69, 9.17) is 10.7 Å². The molecular weight excluding hydrogens is 193 g/mol. The third-order valence-corrected chi connectivity index (χ3v) is 1.92. The van der Waals surface area contributed by atoms with E-state index in [2.05, 4.69) is 5.32 Å². The number of nitrogens with one attached hydrogen (secondary N) is 2. The van der Waals surface area contributed by atoms with Gasteiger partial charge >= 0.3 is 0 Å². The Labute approximate surface area is 87.4 Å². The van der Waals surface area contributed by atoms with Crippen LogP contribution in [0.15, 0.2) is 24.3 Å². The Hall–Kier alpha value is -2.15. The number of hydrogen-bond donors (Lipinski definition) is 2. The predicted octanol–water partition coefficient (Wildman–Crippen LogP) is 1.91. The molecule has 76 valence electrons. The number of allylic oxidation sites excluding steroid dienone is 1. The maximum atomic E-state index is 13.0. The van der Waals surface area contributed by atoms with E-state index in [0.29, 0.717) is 11.3 Å². The zero-order valence-electron chi connectivity index (χ0n) is 8.21. The molecule has 3 nitrogen and oxygen atoms in total. The highest BCUT2D eigenvalue weighted by atomic mass is 19.1. The summed E-state index contributed by atoms with van der Waals surface area (Å²) in [6.07, 6.45) is 2.66. The number of nitriles is 1. The molecule has 0 unspecified atom stereocenters. The standard InChI is InChI=1S/C11H10FN3/c1-15-11(4-5-13)8-2-3-10(12)9(6-8)7-14/h2-6,13,15H,1H3/b11-4-,13-5?. The van der Waals surface area contributed by atoms with Crippen LogP contribution in [-0.4, -0.2) is 13.3 Å². The second-order valence-electron chi connectivity index (χ2n) is 2.80. The second-order valence-corrected chi connectivity index (χ2v) is 2.80. The molecule has 0 aromatic heterocycles. The van der Waals surface area contributed by atoms with Crippen molar-refractivity contribution in [1.29, 1.82) is 10.7 Å². The van der Waals surface area contributed by atoms with Gasteiger partial charge in [0.25, 0.3) is 0 Å². The molecule has 0 saturated carbocycles. The summed E-state index contributed by atoms with van der Waals surface area (Å²) in [7, 11) is 1.70. The minimum absolute atomic E-state index is 0.00127. The van der Waals surface area contributed by atoms with Crippen molar-refractivity contribution in [1.82, 2.24) is 5.32 Å². The first-order valence-electron chi connectivity index (χ1n) is 4.31. The lowest BCUT2D eigenvalue weighted by Gasteiger charge is -2.06. The Kier molecular flexibility index (Phi) is 3.58. The van der Waals surface area contributed by atoms with Crippen LogP contribution >= 0.6 is 0 Å². The van der Waals surface area contributed by atoms with Crippen LogP contribution in [0.2, 0.25) is 0 Å². The molecule has 4 heteroatoms. The van der Waals surface area contributed by atoms with E-state index in [1.165, 1.54) is 18.2 Å². The maximum absolute atomic E-state index is 13.0. The van der Waals surface area contributed by atoms with Crippen molar-refractivity contribution in [3.05, 3.63) is 41.2 Å². The molecule has 1 aromatic rings. The summed E-state index contributed by atoms with van der Waals surface area (Å²) in [5.41, 5.74) is 1.35. The molecule has 0 aliphatic carbocycles. The lowest BCUT2D eigenvalue weighted by molar-refractivity contribution is 0.623. The van der Waals surface area contributed by atoms with Crippen LogP contribution in [0.4, 0.5) is 4.39 Å². The lowest BCUT2D eigenvalue weighted by Crippen LogP contribution is -2.05. The number of benzene rings is 1. The zero-order valence-corrected chi connectivity index (χ0v) is 8.21. The van der Waals surface area contributed by atoms with Crippen LogP contribution < -0.4 is 5.32 Å². The summed E-state index contributed by atoms with van der Waals surface area (Å²) in [5, 5.41) is 18.5. The monoisotopic (exact) mass is 203 g/mol. The van der Waals surface area contributed by atoms with Gasteiger partial charge in [0, 0.05) is 19.0 Å². The molecule has 0 aliphatic heterocycles. The Balaban J connectivity index is 3.22. The Morgan fingerprint density at radius 1 is 1.60 bits per heavy atom. The summed E-state index contributed by atoms with van der Waals surface area (Å²) < 4.78 is 13.0. The van der Waals surface area contributed by atoms with E-state index < -0.39 is 5.82 Å². The van der Waals surface area contributed by atoms with E-state index >= 15 is 0 Å². The van der Waals surface area contributed by atoms with Gasteiger partial charge in [-0.05, 0) is 29.8 Å². The zero-order chi connectivity index (χ0) is 11.3. The number of hydrogen-bond acceptors (Lipinski definition) is 3.